The van der Waals surface area contributed by atoms with E-state index in [1.807, 2.05) is 36.6 Å². The number of halogens is 1. The minimum atomic E-state index is -0.338. The first-order valence-electron chi connectivity index (χ1n) is 8.96. The van der Waals surface area contributed by atoms with E-state index in [1.165, 1.54) is 11.3 Å². The quantitative estimate of drug-likeness (QED) is 0.334. The summed E-state index contributed by atoms with van der Waals surface area (Å²) in [5.41, 5.74) is 3.51. The number of nitrogens with zero attached hydrogens (tertiary/aromatic N) is 2. The molecule has 2 aromatic carbocycles. The van der Waals surface area contributed by atoms with Crippen LogP contribution < -0.4 is 5.32 Å². The Kier molecular flexibility index (Phi) is 7.17. The Morgan fingerprint density at radius 1 is 1.24 bits per heavy atom. The van der Waals surface area contributed by atoms with Crippen molar-refractivity contribution >= 4 is 44.5 Å². The van der Waals surface area contributed by atoms with Crippen LogP contribution in [0.15, 0.2) is 64.6 Å². The summed E-state index contributed by atoms with van der Waals surface area (Å²) >= 11 is 4.84. The molecule has 0 atom stereocenters. The summed E-state index contributed by atoms with van der Waals surface area (Å²) < 4.78 is 6.11. The number of rotatable bonds is 7. The second kappa shape index (κ2) is 10.0. The Morgan fingerprint density at radius 2 is 1.97 bits per heavy atom. The lowest BCUT2D eigenvalue weighted by atomic mass is 10.2. The highest BCUT2D eigenvalue weighted by Crippen LogP contribution is 2.27. The number of carbonyl (C=O) groups excluding carboxylic acids is 1. The highest BCUT2D eigenvalue weighted by molar-refractivity contribution is 9.10. The molecule has 0 aliphatic heterocycles. The predicted molar refractivity (Wildman–Crippen MR) is 119 cm³/mol. The number of hydrogen-bond donors (Lipinski definition) is 1. The molecule has 0 saturated heterocycles. The summed E-state index contributed by atoms with van der Waals surface area (Å²) in [6.45, 7) is 2.35. The van der Waals surface area contributed by atoms with Gasteiger partial charge in [0.2, 0.25) is 0 Å². The summed E-state index contributed by atoms with van der Waals surface area (Å²) in [7, 11) is 0. The number of anilines is 1. The molecule has 0 aliphatic rings. The number of allylic oxidation sites excluding steroid dienone is 1. The van der Waals surface area contributed by atoms with Gasteiger partial charge in [0.1, 0.15) is 16.6 Å². The second-order valence-electron chi connectivity index (χ2n) is 6.07. The van der Waals surface area contributed by atoms with Gasteiger partial charge in [-0.1, -0.05) is 35.0 Å². The summed E-state index contributed by atoms with van der Waals surface area (Å²) in [6.07, 6.45) is 2.40. The summed E-state index contributed by atoms with van der Waals surface area (Å²) in [5, 5.41) is 15.2. The summed E-state index contributed by atoms with van der Waals surface area (Å²) in [4.78, 5) is 16.4. The van der Waals surface area contributed by atoms with E-state index < -0.39 is 0 Å². The van der Waals surface area contributed by atoms with Crippen LogP contribution in [0.1, 0.15) is 28.7 Å². The van der Waals surface area contributed by atoms with Crippen molar-refractivity contribution in [2.45, 2.75) is 13.3 Å². The molecule has 0 unspecified atom stereocenters. The van der Waals surface area contributed by atoms with Crippen molar-refractivity contribution in [2.24, 2.45) is 0 Å². The van der Waals surface area contributed by atoms with Crippen LogP contribution >= 0.6 is 27.3 Å². The molecule has 1 aromatic heterocycles. The van der Waals surface area contributed by atoms with Gasteiger partial charge in [0.25, 0.3) is 0 Å². The van der Waals surface area contributed by atoms with E-state index >= 15 is 0 Å². The Morgan fingerprint density at radius 3 is 2.62 bits per heavy atom. The average molecular weight is 468 g/mol. The summed E-state index contributed by atoms with van der Waals surface area (Å²) in [5.74, 6) is -0.338. The molecule has 7 heteroatoms. The van der Waals surface area contributed by atoms with Gasteiger partial charge >= 0.3 is 5.97 Å². The number of ether oxygens (including phenoxy) is 1. The van der Waals surface area contributed by atoms with E-state index in [9.17, 15) is 10.1 Å². The van der Waals surface area contributed by atoms with Gasteiger partial charge in [-0.3, -0.25) is 0 Å². The summed E-state index contributed by atoms with van der Waals surface area (Å²) in [6, 6.07) is 17.0. The van der Waals surface area contributed by atoms with Gasteiger partial charge < -0.3 is 10.1 Å². The van der Waals surface area contributed by atoms with Crippen molar-refractivity contribution in [1.29, 1.82) is 5.26 Å². The van der Waals surface area contributed by atoms with Crippen LogP contribution in [-0.4, -0.2) is 17.6 Å². The lowest BCUT2D eigenvalue weighted by Gasteiger charge is -2.05. The first-order valence-corrected chi connectivity index (χ1v) is 10.6. The average Bonchev–Trinajstić information content (AvgIpc) is 3.23. The molecule has 0 bridgehead atoms. The fourth-order valence-corrected chi connectivity index (χ4v) is 3.49. The second-order valence-corrected chi connectivity index (χ2v) is 7.85. The molecule has 0 aliphatic carbocycles. The third-order valence-electron chi connectivity index (χ3n) is 3.94. The van der Waals surface area contributed by atoms with E-state index in [4.69, 9.17) is 4.74 Å². The Labute approximate surface area is 181 Å². The van der Waals surface area contributed by atoms with Crippen LogP contribution in [0.2, 0.25) is 0 Å². The third-order valence-corrected chi connectivity index (χ3v) is 5.34. The minimum Gasteiger partial charge on any atom is -0.462 e. The third kappa shape index (κ3) is 5.53. The fourth-order valence-electron chi connectivity index (χ4n) is 2.43. The number of aromatic nitrogens is 1. The SMILES string of the molecule is CCCOC(=O)c1ccc(N/C=C(\C#N)c2nc(-c3ccc(Br)cc3)cs2)cc1. The van der Waals surface area contributed by atoms with E-state index in [1.54, 1.807) is 30.5 Å². The molecule has 0 amide bonds. The van der Waals surface area contributed by atoms with E-state index in [2.05, 4.69) is 32.3 Å². The van der Waals surface area contributed by atoms with Gasteiger partial charge in [0, 0.05) is 27.3 Å². The van der Waals surface area contributed by atoms with Gasteiger partial charge in [-0.15, -0.1) is 11.3 Å². The molecule has 29 heavy (non-hydrogen) atoms. The number of nitrogens with one attached hydrogen (secondary N) is 1. The number of benzene rings is 2. The normalized spacial score (nSPS) is 11.0. The molecular formula is C22H18BrN3O2S. The van der Waals surface area contributed by atoms with Crippen LogP contribution in [0.25, 0.3) is 16.8 Å². The van der Waals surface area contributed by atoms with E-state index in [0.29, 0.717) is 22.8 Å². The number of carbonyl (C=O) groups is 1. The molecule has 0 spiro atoms. The van der Waals surface area contributed by atoms with Crippen molar-refractivity contribution in [2.75, 3.05) is 11.9 Å². The van der Waals surface area contributed by atoms with Gasteiger partial charge in [-0.2, -0.15) is 5.26 Å². The van der Waals surface area contributed by atoms with Crippen LogP contribution in [0, 0.1) is 11.3 Å². The molecule has 1 heterocycles. The van der Waals surface area contributed by atoms with Crippen molar-refractivity contribution in [3.63, 3.8) is 0 Å². The first-order chi connectivity index (χ1) is 14.1. The maximum absolute atomic E-state index is 11.8. The standard InChI is InChI=1S/C22H18BrN3O2S/c1-2-11-28-22(27)16-5-9-19(10-6-16)25-13-17(12-24)21-26-20(14-29-21)15-3-7-18(23)8-4-15/h3-10,13-14,25H,2,11H2,1H3/b17-13+. The van der Waals surface area contributed by atoms with Crippen molar-refractivity contribution < 1.29 is 9.53 Å². The van der Waals surface area contributed by atoms with Gasteiger partial charge in [-0.25, -0.2) is 9.78 Å². The monoisotopic (exact) mass is 467 g/mol. The minimum absolute atomic E-state index is 0.338. The smallest absolute Gasteiger partial charge is 0.338 e. The highest BCUT2D eigenvalue weighted by atomic mass is 79.9. The van der Waals surface area contributed by atoms with Crippen molar-refractivity contribution in [3.05, 3.63) is 75.2 Å². The predicted octanol–water partition coefficient (Wildman–Crippen LogP) is 6.12. The molecule has 0 saturated carbocycles. The first kappa shape index (κ1) is 20.8. The number of esters is 1. The van der Waals surface area contributed by atoms with Crippen LogP contribution in [0.3, 0.4) is 0 Å². The topological polar surface area (TPSA) is 75.0 Å². The molecule has 0 radical (unpaired) electrons. The van der Waals surface area contributed by atoms with Gasteiger partial charge in [-0.05, 0) is 42.8 Å². The molecule has 3 rings (SSSR count). The fraction of sp³-hybridized carbons (Fsp3) is 0.136. The van der Waals surface area contributed by atoms with E-state index in [-0.39, 0.29) is 5.97 Å². The van der Waals surface area contributed by atoms with Crippen LogP contribution in [0.5, 0.6) is 0 Å². The largest absolute Gasteiger partial charge is 0.462 e. The number of thiazole rings is 1. The van der Waals surface area contributed by atoms with Crippen molar-refractivity contribution in [1.82, 2.24) is 4.98 Å². The molecule has 5 nitrogen and oxygen atoms in total. The zero-order valence-corrected chi connectivity index (χ0v) is 18.1. The van der Waals surface area contributed by atoms with Crippen molar-refractivity contribution in [3.8, 4) is 17.3 Å². The lowest BCUT2D eigenvalue weighted by molar-refractivity contribution is 0.0505. The maximum Gasteiger partial charge on any atom is 0.338 e. The number of nitriles is 1. The Balaban J connectivity index is 1.70. The Hall–Kier alpha value is -2.95. The van der Waals surface area contributed by atoms with Crippen LogP contribution in [0.4, 0.5) is 5.69 Å². The molecular weight excluding hydrogens is 450 g/mol. The zero-order valence-electron chi connectivity index (χ0n) is 15.7. The highest BCUT2D eigenvalue weighted by Gasteiger charge is 2.10. The molecule has 0 fully saturated rings. The lowest BCUT2D eigenvalue weighted by Crippen LogP contribution is -2.05. The van der Waals surface area contributed by atoms with Gasteiger partial charge in [0.15, 0.2) is 0 Å². The molecule has 146 valence electrons. The number of hydrogen-bond acceptors (Lipinski definition) is 6. The zero-order chi connectivity index (χ0) is 20.6. The van der Waals surface area contributed by atoms with E-state index in [0.717, 1.165) is 27.8 Å². The Bertz CT molecular complexity index is 1050. The molecule has 3 aromatic rings. The molecule has 1 N–H and O–H groups in total. The maximum atomic E-state index is 11.8. The van der Waals surface area contributed by atoms with Crippen LogP contribution in [-0.2, 0) is 4.74 Å². The van der Waals surface area contributed by atoms with Gasteiger partial charge in [0.05, 0.1) is 17.9 Å².